The molecule has 13 heavy (non-hydrogen) atoms. The van der Waals surface area contributed by atoms with E-state index in [9.17, 15) is 9.90 Å². The monoisotopic (exact) mass is 186 g/mol. The molecule has 0 saturated carbocycles. The van der Waals surface area contributed by atoms with Gasteiger partial charge in [-0.15, -0.1) is 0 Å². The van der Waals surface area contributed by atoms with Gasteiger partial charge in [-0.3, -0.25) is 4.79 Å². The SMILES string of the molecule is BC(=O)NC[C@H](O)CNCC(C)C. The molecule has 1 amide bonds. The van der Waals surface area contributed by atoms with Crippen LogP contribution in [0, 0.1) is 5.92 Å². The second-order valence-electron chi connectivity index (χ2n) is 3.64. The van der Waals surface area contributed by atoms with Gasteiger partial charge in [-0.05, 0) is 12.5 Å². The van der Waals surface area contributed by atoms with E-state index in [1.54, 1.807) is 0 Å². The Morgan fingerprint density at radius 3 is 2.46 bits per heavy atom. The lowest BCUT2D eigenvalue weighted by molar-refractivity contribution is 0.169. The van der Waals surface area contributed by atoms with Crippen LogP contribution in [0.2, 0.25) is 0 Å². The molecule has 0 heterocycles. The van der Waals surface area contributed by atoms with Crippen LogP contribution in [0.4, 0.5) is 4.79 Å². The van der Waals surface area contributed by atoms with Crippen molar-refractivity contribution in [2.45, 2.75) is 20.0 Å². The van der Waals surface area contributed by atoms with E-state index in [-0.39, 0.29) is 5.81 Å². The standard InChI is InChI=1S/C8H19BN2O2/c1-6(2)3-10-4-7(12)5-11-8(9)13/h6-7,10,12H,3-5,9H2,1-2H3,(H,11,13)/t7-/m1/s1. The third kappa shape index (κ3) is 9.37. The molecule has 0 aromatic carbocycles. The number of aliphatic hydroxyl groups is 1. The van der Waals surface area contributed by atoms with Gasteiger partial charge in [0.1, 0.15) is 0 Å². The molecule has 0 unspecified atom stereocenters. The topological polar surface area (TPSA) is 61.4 Å². The van der Waals surface area contributed by atoms with Crippen LogP contribution >= 0.6 is 0 Å². The maximum Gasteiger partial charge on any atom is 0.215 e. The number of carbonyl (C=O) groups excluding carboxylic acids is 1. The predicted octanol–water partition coefficient (Wildman–Crippen LogP) is -1.06. The number of aliphatic hydroxyl groups excluding tert-OH is 1. The van der Waals surface area contributed by atoms with Gasteiger partial charge in [0.05, 0.1) is 6.10 Å². The molecule has 0 spiro atoms. The third-order valence-corrected chi connectivity index (χ3v) is 1.52. The van der Waals surface area contributed by atoms with E-state index in [2.05, 4.69) is 24.5 Å². The van der Waals surface area contributed by atoms with Gasteiger partial charge < -0.3 is 15.7 Å². The lowest BCUT2D eigenvalue weighted by atomic mass is 10.1. The molecule has 0 aliphatic carbocycles. The fourth-order valence-corrected chi connectivity index (χ4v) is 0.872. The molecular formula is C8H19BN2O2. The van der Waals surface area contributed by atoms with Crippen LogP contribution in [-0.2, 0) is 0 Å². The number of rotatable bonds is 6. The second kappa shape index (κ2) is 6.92. The van der Waals surface area contributed by atoms with E-state index in [1.807, 2.05) is 0 Å². The number of hydrogen-bond acceptors (Lipinski definition) is 3. The molecule has 1 atom stereocenters. The van der Waals surface area contributed by atoms with Crippen LogP contribution < -0.4 is 10.6 Å². The molecule has 0 rings (SSSR count). The highest BCUT2D eigenvalue weighted by atomic mass is 16.3. The highest BCUT2D eigenvalue weighted by molar-refractivity contribution is 6.57. The van der Waals surface area contributed by atoms with Crippen molar-refractivity contribution >= 4 is 13.7 Å². The van der Waals surface area contributed by atoms with Crippen LogP contribution in [0.5, 0.6) is 0 Å². The molecule has 4 nitrogen and oxygen atoms in total. The molecule has 5 heteroatoms. The first-order valence-electron chi connectivity index (χ1n) is 4.65. The molecule has 0 aliphatic rings. The largest absolute Gasteiger partial charge is 0.390 e. The van der Waals surface area contributed by atoms with Gasteiger partial charge in [-0.1, -0.05) is 13.8 Å². The van der Waals surface area contributed by atoms with Gasteiger partial charge >= 0.3 is 0 Å². The lowest BCUT2D eigenvalue weighted by Gasteiger charge is -2.13. The van der Waals surface area contributed by atoms with Crippen LogP contribution in [0.15, 0.2) is 0 Å². The quantitative estimate of drug-likeness (QED) is 0.463. The molecule has 0 saturated heterocycles. The number of hydrogen-bond donors (Lipinski definition) is 3. The highest BCUT2D eigenvalue weighted by Crippen LogP contribution is 1.87. The van der Waals surface area contributed by atoms with E-state index in [0.29, 0.717) is 19.0 Å². The van der Waals surface area contributed by atoms with Gasteiger partial charge in [0, 0.05) is 13.1 Å². The normalized spacial score (nSPS) is 12.9. The molecule has 0 aliphatic heterocycles. The van der Waals surface area contributed by atoms with Crippen molar-refractivity contribution in [2.24, 2.45) is 5.92 Å². The van der Waals surface area contributed by atoms with Crippen molar-refractivity contribution in [1.82, 2.24) is 10.6 Å². The minimum Gasteiger partial charge on any atom is -0.390 e. The van der Waals surface area contributed by atoms with Gasteiger partial charge in [0.15, 0.2) is 5.81 Å². The van der Waals surface area contributed by atoms with Gasteiger partial charge in [0.2, 0.25) is 7.85 Å². The Bertz CT molecular complexity index is 153. The van der Waals surface area contributed by atoms with Crippen molar-refractivity contribution in [1.29, 1.82) is 0 Å². The minimum absolute atomic E-state index is 0.108. The van der Waals surface area contributed by atoms with E-state index < -0.39 is 6.10 Å². The van der Waals surface area contributed by atoms with Crippen molar-refractivity contribution in [3.05, 3.63) is 0 Å². The highest BCUT2D eigenvalue weighted by Gasteiger charge is 2.03. The Balaban J connectivity index is 3.30. The van der Waals surface area contributed by atoms with Gasteiger partial charge in [-0.25, -0.2) is 0 Å². The maximum absolute atomic E-state index is 10.5. The maximum atomic E-state index is 10.5. The predicted molar refractivity (Wildman–Crippen MR) is 55.7 cm³/mol. The smallest absolute Gasteiger partial charge is 0.215 e. The number of amides is 1. The van der Waals surface area contributed by atoms with Crippen molar-refractivity contribution in [3.63, 3.8) is 0 Å². The van der Waals surface area contributed by atoms with Crippen LogP contribution in [-0.4, -0.2) is 44.5 Å². The third-order valence-electron chi connectivity index (χ3n) is 1.52. The van der Waals surface area contributed by atoms with Crippen LogP contribution in [0.3, 0.4) is 0 Å². The summed E-state index contributed by atoms with van der Waals surface area (Å²) in [6.07, 6.45) is -0.498. The zero-order valence-electron chi connectivity index (χ0n) is 8.63. The molecule has 0 aromatic heterocycles. The van der Waals surface area contributed by atoms with E-state index in [0.717, 1.165) is 6.54 Å². The number of carbonyl (C=O) groups is 1. The first kappa shape index (κ1) is 12.5. The van der Waals surface area contributed by atoms with Crippen LogP contribution in [0.1, 0.15) is 13.8 Å². The van der Waals surface area contributed by atoms with Crippen molar-refractivity contribution in [2.75, 3.05) is 19.6 Å². The Hall–Kier alpha value is -0.545. The average Bonchev–Trinajstić information content (AvgIpc) is 2.00. The van der Waals surface area contributed by atoms with Crippen LogP contribution in [0.25, 0.3) is 0 Å². The first-order chi connectivity index (χ1) is 6.02. The lowest BCUT2D eigenvalue weighted by Crippen LogP contribution is -2.38. The molecule has 0 bridgehead atoms. The minimum atomic E-state index is -0.498. The molecular weight excluding hydrogens is 167 g/mol. The summed E-state index contributed by atoms with van der Waals surface area (Å²) in [5.74, 6) is 0.468. The van der Waals surface area contributed by atoms with E-state index in [1.165, 1.54) is 7.85 Å². The average molecular weight is 186 g/mol. The summed E-state index contributed by atoms with van der Waals surface area (Å²) < 4.78 is 0. The second-order valence-corrected chi connectivity index (χ2v) is 3.64. The summed E-state index contributed by atoms with van der Waals surface area (Å²) in [5.41, 5.74) is 0. The number of nitrogens with one attached hydrogen (secondary N) is 2. The van der Waals surface area contributed by atoms with E-state index >= 15 is 0 Å². The molecule has 3 N–H and O–H groups in total. The van der Waals surface area contributed by atoms with E-state index in [4.69, 9.17) is 0 Å². The summed E-state index contributed by atoms with van der Waals surface area (Å²) >= 11 is 0. The van der Waals surface area contributed by atoms with Crippen molar-refractivity contribution < 1.29 is 9.90 Å². The van der Waals surface area contributed by atoms with Gasteiger partial charge in [-0.2, -0.15) is 0 Å². The first-order valence-corrected chi connectivity index (χ1v) is 4.65. The summed E-state index contributed by atoms with van der Waals surface area (Å²) in [4.78, 5) is 10.5. The summed E-state index contributed by atoms with van der Waals surface area (Å²) in [5, 5.41) is 15.0. The summed E-state index contributed by atoms with van der Waals surface area (Å²) in [6, 6.07) is 0. The molecule has 0 aromatic rings. The molecule has 76 valence electrons. The Morgan fingerprint density at radius 1 is 1.38 bits per heavy atom. The Kier molecular flexibility index (Phi) is 6.63. The fourth-order valence-electron chi connectivity index (χ4n) is 0.872. The summed E-state index contributed by atoms with van der Waals surface area (Å²) in [6.45, 7) is 5.94. The zero-order valence-corrected chi connectivity index (χ0v) is 8.63. The Labute approximate surface area is 80.5 Å². The zero-order chi connectivity index (χ0) is 10.3. The Morgan fingerprint density at radius 2 is 2.00 bits per heavy atom. The van der Waals surface area contributed by atoms with Crippen molar-refractivity contribution in [3.8, 4) is 0 Å². The fraction of sp³-hybridized carbons (Fsp3) is 0.875. The van der Waals surface area contributed by atoms with Gasteiger partial charge in [0.25, 0.3) is 0 Å². The molecule has 0 radical (unpaired) electrons. The molecule has 0 fully saturated rings. The summed E-state index contributed by atoms with van der Waals surface area (Å²) in [7, 11) is 1.44.